The summed E-state index contributed by atoms with van der Waals surface area (Å²) < 4.78 is 17.0. The van der Waals surface area contributed by atoms with Crippen LogP contribution in [0, 0.1) is 6.92 Å². The number of carbonyl (C=O) groups excluding carboxylic acids is 2. The minimum absolute atomic E-state index is 0.00387. The number of hydrogen-bond donors (Lipinski definition) is 1. The SMILES string of the molecule is COc1cc(CO[C@@H]2CN(C(=O)c3ccc4nc(C)[nH]c4c3)CC(=O)N(C(C)C)C2)cc(OC)c1. The van der Waals surface area contributed by atoms with Crippen LogP contribution in [0.4, 0.5) is 0 Å². The number of benzene rings is 2. The minimum Gasteiger partial charge on any atom is -0.497 e. The van der Waals surface area contributed by atoms with Crippen LogP contribution in [0.15, 0.2) is 36.4 Å². The lowest BCUT2D eigenvalue weighted by Crippen LogP contribution is -2.42. The predicted molar refractivity (Wildman–Crippen MR) is 132 cm³/mol. The standard InChI is InChI=1S/C26H32N4O5/c1-16(2)30-13-22(35-15-18-8-20(33-4)11-21(9-18)34-5)12-29(14-25(30)31)26(32)19-6-7-23-24(10-19)28-17(3)27-23/h6-11,16,22H,12-15H2,1-5H3,(H,27,28)/t22-/m1/s1. The Kier molecular flexibility index (Phi) is 7.25. The fourth-order valence-corrected chi connectivity index (χ4v) is 4.32. The zero-order valence-corrected chi connectivity index (χ0v) is 20.8. The molecule has 0 saturated carbocycles. The Morgan fingerprint density at radius 1 is 1.11 bits per heavy atom. The summed E-state index contributed by atoms with van der Waals surface area (Å²) in [6.07, 6.45) is -0.358. The molecule has 4 rings (SSSR count). The third-order valence-corrected chi connectivity index (χ3v) is 6.13. The van der Waals surface area contributed by atoms with Crippen molar-refractivity contribution in [2.75, 3.05) is 33.9 Å². The van der Waals surface area contributed by atoms with Gasteiger partial charge in [-0.3, -0.25) is 9.59 Å². The van der Waals surface area contributed by atoms with Crippen molar-refractivity contribution in [3.05, 3.63) is 53.3 Å². The van der Waals surface area contributed by atoms with Gasteiger partial charge in [-0.15, -0.1) is 0 Å². The number of aromatic nitrogens is 2. The van der Waals surface area contributed by atoms with Crippen molar-refractivity contribution in [1.29, 1.82) is 0 Å². The monoisotopic (exact) mass is 480 g/mol. The molecule has 9 heteroatoms. The van der Waals surface area contributed by atoms with E-state index in [-0.39, 0.29) is 30.5 Å². The van der Waals surface area contributed by atoms with Crippen LogP contribution in [0.1, 0.15) is 35.6 Å². The summed E-state index contributed by atoms with van der Waals surface area (Å²) in [6.45, 7) is 6.80. The lowest BCUT2D eigenvalue weighted by Gasteiger charge is -2.27. The number of aryl methyl sites for hydroxylation is 1. The van der Waals surface area contributed by atoms with Crippen molar-refractivity contribution in [2.45, 2.75) is 39.5 Å². The molecular weight excluding hydrogens is 448 g/mol. The quantitative estimate of drug-likeness (QED) is 0.558. The Bertz CT molecular complexity index is 1200. The topological polar surface area (TPSA) is 97.0 Å². The van der Waals surface area contributed by atoms with Crippen LogP contribution in [0.3, 0.4) is 0 Å². The van der Waals surface area contributed by atoms with Crippen LogP contribution >= 0.6 is 0 Å². The van der Waals surface area contributed by atoms with Gasteiger partial charge >= 0.3 is 0 Å². The highest BCUT2D eigenvalue weighted by Gasteiger charge is 2.32. The number of nitrogens with zero attached hydrogens (tertiary/aromatic N) is 3. The van der Waals surface area contributed by atoms with Crippen molar-refractivity contribution < 1.29 is 23.8 Å². The average molecular weight is 481 g/mol. The second-order valence-corrected chi connectivity index (χ2v) is 9.03. The van der Waals surface area contributed by atoms with Gasteiger partial charge in [-0.1, -0.05) is 0 Å². The van der Waals surface area contributed by atoms with Gasteiger partial charge in [0.1, 0.15) is 23.9 Å². The summed E-state index contributed by atoms with van der Waals surface area (Å²) in [5.41, 5.74) is 2.97. The minimum atomic E-state index is -0.358. The molecule has 3 aromatic rings. The highest BCUT2D eigenvalue weighted by molar-refractivity contribution is 5.99. The Morgan fingerprint density at radius 2 is 1.83 bits per heavy atom. The van der Waals surface area contributed by atoms with Crippen LogP contribution in [0.5, 0.6) is 11.5 Å². The van der Waals surface area contributed by atoms with Crippen molar-refractivity contribution in [1.82, 2.24) is 19.8 Å². The maximum absolute atomic E-state index is 13.4. The largest absolute Gasteiger partial charge is 0.497 e. The highest BCUT2D eigenvalue weighted by atomic mass is 16.5. The first-order valence-corrected chi connectivity index (χ1v) is 11.7. The molecule has 0 aliphatic carbocycles. The van der Waals surface area contributed by atoms with Gasteiger partial charge in [0.15, 0.2) is 0 Å². The molecule has 0 radical (unpaired) electrons. The molecule has 2 aromatic carbocycles. The van der Waals surface area contributed by atoms with Gasteiger partial charge in [0.25, 0.3) is 5.91 Å². The van der Waals surface area contributed by atoms with Crippen LogP contribution in [0.25, 0.3) is 11.0 Å². The molecule has 1 saturated heterocycles. The molecule has 1 aliphatic rings. The lowest BCUT2D eigenvalue weighted by atomic mass is 10.1. The average Bonchev–Trinajstić information content (AvgIpc) is 3.13. The van der Waals surface area contributed by atoms with E-state index >= 15 is 0 Å². The molecule has 0 bridgehead atoms. The first kappa shape index (κ1) is 24.5. The Labute approximate surface area is 205 Å². The van der Waals surface area contributed by atoms with Gasteiger partial charge in [0.2, 0.25) is 5.91 Å². The van der Waals surface area contributed by atoms with E-state index in [1.54, 1.807) is 42.2 Å². The van der Waals surface area contributed by atoms with Crippen molar-refractivity contribution in [3.8, 4) is 11.5 Å². The molecule has 1 atom stereocenters. The molecule has 0 unspecified atom stereocenters. The van der Waals surface area contributed by atoms with Crippen LogP contribution < -0.4 is 9.47 Å². The zero-order valence-electron chi connectivity index (χ0n) is 20.8. The fraction of sp³-hybridized carbons (Fsp3) is 0.423. The van der Waals surface area contributed by atoms with Gasteiger partial charge in [0.05, 0.1) is 38.0 Å². The number of hydrogen-bond acceptors (Lipinski definition) is 6. The van der Waals surface area contributed by atoms with Crippen LogP contribution in [-0.4, -0.2) is 77.6 Å². The van der Waals surface area contributed by atoms with Gasteiger partial charge in [-0.05, 0) is 56.7 Å². The molecular formula is C26H32N4O5. The summed E-state index contributed by atoms with van der Waals surface area (Å²) in [4.78, 5) is 37.4. The molecule has 9 nitrogen and oxygen atoms in total. The third-order valence-electron chi connectivity index (χ3n) is 6.13. The molecule has 1 N–H and O–H groups in total. The normalized spacial score (nSPS) is 16.6. The first-order chi connectivity index (χ1) is 16.8. The number of imidazole rings is 1. The van der Waals surface area contributed by atoms with Gasteiger partial charge < -0.3 is 29.0 Å². The number of aromatic amines is 1. The fourth-order valence-electron chi connectivity index (χ4n) is 4.32. The van der Waals surface area contributed by atoms with Gasteiger partial charge in [-0.25, -0.2) is 4.98 Å². The molecule has 1 aliphatic heterocycles. The second kappa shape index (κ2) is 10.4. The van der Waals surface area contributed by atoms with E-state index in [9.17, 15) is 9.59 Å². The number of carbonyl (C=O) groups is 2. The van der Waals surface area contributed by atoms with Crippen molar-refractivity contribution >= 4 is 22.8 Å². The smallest absolute Gasteiger partial charge is 0.254 e. The summed E-state index contributed by atoms with van der Waals surface area (Å²) in [5, 5.41) is 0. The van der Waals surface area contributed by atoms with E-state index in [1.165, 1.54) is 0 Å². The number of H-pyrrole nitrogens is 1. The number of rotatable bonds is 7. The van der Waals surface area contributed by atoms with Gasteiger partial charge in [0, 0.05) is 30.8 Å². The molecule has 0 spiro atoms. The maximum Gasteiger partial charge on any atom is 0.254 e. The number of amides is 2. The van der Waals surface area contributed by atoms with Crippen molar-refractivity contribution in [2.24, 2.45) is 0 Å². The van der Waals surface area contributed by atoms with E-state index in [0.29, 0.717) is 36.8 Å². The van der Waals surface area contributed by atoms with Crippen LogP contribution in [0.2, 0.25) is 0 Å². The molecule has 2 amide bonds. The van der Waals surface area contributed by atoms with E-state index in [0.717, 1.165) is 22.4 Å². The Morgan fingerprint density at radius 3 is 2.49 bits per heavy atom. The molecule has 35 heavy (non-hydrogen) atoms. The third kappa shape index (κ3) is 5.57. The zero-order chi connectivity index (χ0) is 25.1. The van der Waals surface area contributed by atoms with E-state index in [1.807, 2.05) is 39.0 Å². The number of nitrogens with one attached hydrogen (secondary N) is 1. The van der Waals surface area contributed by atoms with Crippen molar-refractivity contribution in [3.63, 3.8) is 0 Å². The Hall–Kier alpha value is -3.59. The summed E-state index contributed by atoms with van der Waals surface area (Å²) in [5.74, 6) is 1.81. The molecule has 1 aromatic heterocycles. The summed E-state index contributed by atoms with van der Waals surface area (Å²) in [7, 11) is 3.20. The number of ether oxygens (including phenoxy) is 3. The highest BCUT2D eigenvalue weighted by Crippen LogP contribution is 2.24. The lowest BCUT2D eigenvalue weighted by molar-refractivity contribution is -0.133. The van der Waals surface area contributed by atoms with Crippen LogP contribution in [-0.2, 0) is 16.1 Å². The van der Waals surface area contributed by atoms with E-state index < -0.39 is 0 Å². The van der Waals surface area contributed by atoms with Gasteiger partial charge in [-0.2, -0.15) is 0 Å². The number of methoxy groups -OCH3 is 2. The second-order valence-electron chi connectivity index (χ2n) is 9.03. The first-order valence-electron chi connectivity index (χ1n) is 11.7. The summed E-state index contributed by atoms with van der Waals surface area (Å²) >= 11 is 0. The van der Waals surface area contributed by atoms with E-state index in [2.05, 4.69) is 9.97 Å². The summed E-state index contributed by atoms with van der Waals surface area (Å²) in [6, 6.07) is 10.9. The predicted octanol–water partition coefficient (Wildman–Crippen LogP) is 3.17. The number of fused-ring (bicyclic) bond motifs is 1. The molecule has 186 valence electrons. The molecule has 2 heterocycles. The Balaban J connectivity index is 1.55. The van der Waals surface area contributed by atoms with E-state index in [4.69, 9.17) is 14.2 Å². The maximum atomic E-state index is 13.4. The molecule has 1 fully saturated rings.